The van der Waals surface area contributed by atoms with Crippen LogP contribution in [0.15, 0.2) is 0 Å². The fraction of sp³-hybridized carbons (Fsp3) is 0.833. The van der Waals surface area contributed by atoms with E-state index in [4.69, 9.17) is 0 Å². The number of hydrogen-bond acceptors (Lipinski definition) is 3. The molecule has 5 nitrogen and oxygen atoms in total. The standard InChI is InChI=1S/C12H18F2N2O3/c13-12(14,11(19)4-1-5-11)10(18)16-7-9(17)15-6-8-2-3-8/h8,19H,1-7H2,(H,15,17)(H,16,18). The van der Waals surface area contributed by atoms with Gasteiger partial charge in [0.25, 0.3) is 5.91 Å². The molecule has 0 aromatic rings. The molecule has 2 amide bonds. The molecule has 3 N–H and O–H groups in total. The number of aliphatic hydroxyl groups is 1. The molecule has 2 fully saturated rings. The van der Waals surface area contributed by atoms with Crippen LogP contribution in [0.4, 0.5) is 8.78 Å². The van der Waals surface area contributed by atoms with Gasteiger partial charge in [-0.05, 0) is 38.0 Å². The van der Waals surface area contributed by atoms with Gasteiger partial charge < -0.3 is 15.7 Å². The molecule has 0 spiro atoms. The molecular formula is C12H18F2N2O3. The van der Waals surface area contributed by atoms with Gasteiger partial charge in [-0.3, -0.25) is 9.59 Å². The van der Waals surface area contributed by atoms with Gasteiger partial charge in [-0.15, -0.1) is 0 Å². The van der Waals surface area contributed by atoms with Crippen LogP contribution < -0.4 is 10.6 Å². The van der Waals surface area contributed by atoms with E-state index in [1.807, 2.05) is 5.32 Å². The summed E-state index contributed by atoms with van der Waals surface area (Å²) in [7, 11) is 0. The van der Waals surface area contributed by atoms with E-state index in [0.717, 1.165) is 12.8 Å². The molecule has 2 aliphatic carbocycles. The van der Waals surface area contributed by atoms with Gasteiger partial charge in [0, 0.05) is 6.54 Å². The van der Waals surface area contributed by atoms with Crippen LogP contribution in [0.1, 0.15) is 32.1 Å². The largest absolute Gasteiger partial charge is 0.383 e. The Balaban J connectivity index is 1.74. The lowest BCUT2D eigenvalue weighted by molar-refractivity contribution is -0.215. The minimum Gasteiger partial charge on any atom is -0.383 e. The van der Waals surface area contributed by atoms with Crippen molar-refractivity contribution in [3.05, 3.63) is 0 Å². The lowest BCUT2D eigenvalue weighted by Crippen LogP contribution is -2.61. The van der Waals surface area contributed by atoms with Crippen LogP contribution in [0.5, 0.6) is 0 Å². The van der Waals surface area contributed by atoms with Crippen LogP contribution in [0, 0.1) is 5.92 Å². The van der Waals surface area contributed by atoms with E-state index in [-0.39, 0.29) is 12.8 Å². The van der Waals surface area contributed by atoms with Gasteiger partial charge in [-0.25, -0.2) is 0 Å². The smallest absolute Gasteiger partial charge is 0.352 e. The summed E-state index contributed by atoms with van der Waals surface area (Å²) in [6, 6.07) is 0. The second-order valence-corrected chi connectivity index (χ2v) is 5.39. The molecule has 19 heavy (non-hydrogen) atoms. The molecule has 0 bridgehead atoms. The van der Waals surface area contributed by atoms with Gasteiger partial charge in [-0.2, -0.15) is 8.78 Å². The first-order valence-corrected chi connectivity index (χ1v) is 6.50. The average molecular weight is 276 g/mol. The van der Waals surface area contributed by atoms with Crippen LogP contribution in [0.2, 0.25) is 0 Å². The highest BCUT2D eigenvalue weighted by Gasteiger charge is 2.61. The molecule has 0 atom stereocenters. The highest BCUT2D eigenvalue weighted by molar-refractivity contribution is 5.89. The molecule has 0 unspecified atom stereocenters. The number of rotatable bonds is 6. The molecular weight excluding hydrogens is 258 g/mol. The monoisotopic (exact) mass is 276 g/mol. The van der Waals surface area contributed by atoms with Gasteiger partial charge in [0.15, 0.2) is 0 Å². The Morgan fingerprint density at radius 2 is 1.89 bits per heavy atom. The van der Waals surface area contributed by atoms with Crippen molar-refractivity contribution in [2.24, 2.45) is 5.92 Å². The SMILES string of the molecule is O=C(CNC(=O)C(F)(F)C1(O)CCC1)NCC1CC1. The number of carbonyl (C=O) groups excluding carboxylic acids is 2. The van der Waals surface area contributed by atoms with Crippen molar-refractivity contribution < 1.29 is 23.5 Å². The summed E-state index contributed by atoms with van der Waals surface area (Å²) in [6.07, 6.45) is 2.42. The van der Waals surface area contributed by atoms with Crippen molar-refractivity contribution in [1.82, 2.24) is 10.6 Å². The van der Waals surface area contributed by atoms with E-state index in [0.29, 0.717) is 18.9 Å². The molecule has 108 valence electrons. The second kappa shape index (κ2) is 5.03. The van der Waals surface area contributed by atoms with Crippen LogP contribution >= 0.6 is 0 Å². The zero-order valence-corrected chi connectivity index (χ0v) is 10.5. The number of alkyl halides is 2. The molecule has 0 aliphatic heterocycles. The van der Waals surface area contributed by atoms with E-state index >= 15 is 0 Å². The maximum absolute atomic E-state index is 13.6. The van der Waals surface area contributed by atoms with E-state index < -0.39 is 29.9 Å². The van der Waals surface area contributed by atoms with E-state index in [9.17, 15) is 23.5 Å². The predicted molar refractivity (Wildman–Crippen MR) is 62.5 cm³/mol. The normalized spacial score (nSPS) is 21.4. The summed E-state index contributed by atoms with van der Waals surface area (Å²) in [6.45, 7) is 0.0340. The van der Waals surface area contributed by atoms with E-state index in [2.05, 4.69) is 5.32 Å². The Bertz CT molecular complexity index is 379. The van der Waals surface area contributed by atoms with Gasteiger partial charge in [0.2, 0.25) is 5.91 Å². The first-order chi connectivity index (χ1) is 8.85. The minimum atomic E-state index is -3.85. The zero-order chi connectivity index (χ0) is 14.1. The number of amides is 2. The fourth-order valence-corrected chi connectivity index (χ4v) is 1.95. The van der Waals surface area contributed by atoms with Gasteiger partial charge in [-0.1, -0.05) is 0 Å². The Morgan fingerprint density at radius 3 is 2.37 bits per heavy atom. The molecule has 7 heteroatoms. The molecule has 2 aliphatic rings. The third kappa shape index (κ3) is 3.02. The van der Waals surface area contributed by atoms with Crippen LogP contribution in [0.25, 0.3) is 0 Å². The maximum Gasteiger partial charge on any atom is 0.352 e. The van der Waals surface area contributed by atoms with Gasteiger partial charge in [0.1, 0.15) is 5.60 Å². The van der Waals surface area contributed by atoms with Gasteiger partial charge in [0.05, 0.1) is 6.54 Å². The first kappa shape index (κ1) is 14.2. The first-order valence-electron chi connectivity index (χ1n) is 6.50. The molecule has 2 rings (SSSR count). The molecule has 0 radical (unpaired) electrons. The summed E-state index contributed by atoms with van der Waals surface area (Å²) in [4.78, 5) is 22.7. The van der Waals surface area contributed by atoms with E-state index in [1.165, 1.54) is 0 Å². The predicted octanol–water partition coefficient (Wildman–Crippen LogP) is 0.179. The Kier molecular flexibility index (Phi) is 3.75. The van der Waals surface area contributed by atoms with Crippen molar-refractivity contribution >= 4 is 11.8 Å². The van der Waals surface area contributed by atoms with Crippen molar-refractivity contribution in [2.45, 2.75) is 43.6 Å². The highest BCUT2D eigenvalue weighted by Crippen LogP contribution is 2.44. The molecule has 0 aromatic carbocycles. The zero-order valence-electron chi connectivity index (χ0n) is 10.5. The van der Waals surface area contributed by atoms with Crippen LogP contribution in [0.3, 0.4) is 0 Å². The van der Waals surface area contributed by atoms with Crippen molar-refractivity contribution in [1.29, 1.82) is 0 Å². The van der Waals surface area contributed by atoms with Crippen molar-refractivity contribution in [3.63, 3.8) is 0 Å². The van der Waals surface area contributed by atoms with Crippen LogP contribution in [-0.4, -0.2) is 41.5 Å². The fourth-order valence-electron chi connectivity index (χ4n) is 1.95. The lowest BCUT2D eigenvalue weighted by atomic mass is 9.75. The number of hydrogen-bond donors (Lipinski definition) is 3. The van der Waals surface area contributed by atoms with Crippen molar-refractivity contribution in [2.75, 3.05) is 13.1 Å². The topological polar surface area (TPSA) is 78.4 Å². The number of halogens is 2. The minimum absolute atomic E-state index is 0.0959. The highest BCUT2D eigenvalue weighted by atomic mass is 19.3. The van der Waals surface area contributed by atoms with E-state index in [1.54, 1.807) is 0 Å². The Morgan fingerprint density at radius 1 is 1.26 bits per heavy atom. The molecule has 0 saturated heterocycles. The summed E-state index contributed by atoms with van der Waals surface area (Å²) in [5.41, 5.74) is -2.25. The average Bonchev–Trinajstić information content (AvgIpc) is 3.13. The maximum atomic E-state index is 13.6. The Labute approximate surface area is 109 Å². The second-order valence-electron chi connectivity index (χ2n) is 5.39. The summed E-state index contributed by atoms with van der Waals surface area (Å²) in [5, 5.41) is 14.0. The summed E-state index contributed by atoms with van der Waals surface area (Å²) >= 11 is 0. The number of carbonyl (C=O) groups is 2. The summed E-state index contributed by atoms with van der Waals surface area (Å²) < 4.78 is 27.3. The molecule has 0 aromatic heterocycles. The lowest BCUT2D eigenvalue weighted by Gasteiger charge is -2.41. The molecule has 0 heterocycles. The number of nitrogens with one attached hydrogen (secondary N) is 2. The third-order valence-electron chi connectivity index (χ3n) is 3.74. The summed E-state index contributed by atoms with van der Waals surface area (Å²) in [5.74, 6) is -5.44. The van der Waals surface area contributed by atoms with Crippen molar-refractivity contribution in [3.8, 4) is 0 Å². The van der Waals surface area contributed by atoms with Crippen LogP contribution in [-0.2, 0) is 9.59 Å². The Hall–Kier alpha value is -1.24. The quantitative estimate of drug-likeness (QED) is 0.647. The van der Waals surface area contributed by atoms with Gasteiger partial charge >= 0.3 is 5.92 Å². The molecule has 2 saturated carbocycles. The third-order valence-corrected chi connectivity index (χ3v) is 3.74.